The largest absolute Gasteiger partial charge is 0.490 e. The third-order valence-electron chi connectivity index (χ3n) is 4.90. The van der Waals surface area contributed by atoms with E-state index in [1.54, 1.807) is 48.5 Å². The minimum absolute atomic E-state index is 0.0629. The van der Waals surface area contributed by atoms with Gasteiger partial charge in [0.2, 0.25) is 0 Å². The SMILES string of the molecule is C=CCOc1ccc(C(=O)N/N=C/c2cc(I)c(OCc3ccccc3F)c(OCC)c2)cc1OCC. The molecule has 0 aromatic heterocycles. The van der Waals surface area contributed by atoms with Crippen LogP contribution in [0, 0.1) is 9.39 Å². The van der Waals surface area contributed by atoms with Crippen molar-refractivity contribution >= 4 is 34.7 Å². The van der Waals surface area contributed by atoms with Crippen LogP contribution in [-0.4, -0.2) is 31.9 Å². The highest BCUT2D eigenvalue weighted by Gasteiger charge is 2.14. The first-order valence-corrected chi connectivity index (χ1v) is 12.7. The Bertz CT molecular complexity index is 1270. The fourth-order valence-corrected chi connectivity index (χ4v) is 4.03. The molecule has 0 heterocycles. The van der Waals surface area contributed by atoms with Crippen LogP contribution in [0.4, 0.5) is 4.39 Å². The third kappa shape index (κ3) is 7.94. The Balaban J connectivity index is 1.72. The Hall–Kier alpha value is -3.60. The molecule has 3 aromatic carbocycles. The van der Waals surface area contributed by atoms with E-state index >= 15 is 0 Å². The molecule has 0 radical (unpaired) electrons. The van der Waals surface area contributed by atoms with Crippen molar-refractivity contribution in [2.45, 2.75) is 20.5 Å². The number of hydrazone groups is 1. The third-order valence-corrected chi connectivity index (χ3v) is 5.70. The van der Waals surface area contributed by atoms with Crippen LogP contribution < -0.4 is 24.4 Å². The highest BCUT2D eigenvalue weighted by Crippen LogP contribution is 2.35. The highest BCUT2D eigenvalue weighted by molar-refractivity contribution is 14.1. The molecule has 0 atom stereocenters. The maximum atomic E-state index is 14.0. The summed E-state index contributed by atoms with van der Waals surface area (Å²) in [6.07, 6.45) is 3.14. The zero-order chi connectivity index (χ0) is 26.6. The molecule has 0 aliphatic carbocycles. The molecule has 1 amide bonds. The molecule has 0 fully saturated rings. The topological polar surface area (TPSA) is 78.4 Å². The van der Waals surface area contributed by atoms with E-state index in [1.165, 1.54) is 12.3 Å². The predicted octanol–water partition coefficient (Wildman–Crippen LogP) is 6.14. The zero-order valence-electron chi connectivity index (χ0n) is 20.6. The molecular formula is C28H28FIN2O5. The number of halogens is 2. The van der Waals surface area contributed by atoms with Crippen molar-refractivity contribution in [2.75, 3.05) is 19.8 Å². The number of hydrogen-bond acceptors (Lipinski definition) is 6. The smallest absolute Gasteiger partial charge is 0.271 e. The Morgan fingerprint density at radius 2 is 1.76 bits per heavy atom. The first-order chi connectivity index (χ1) is 18.0. The molecule has 0 unspecified atom stereocenters. The molecular weight excluding hydrogens is 590 g/mol. The fraction of sp³-hybridized carbons (Fsp3) is 0.214. The van der Waals surface area contributed by atoms with Gasteiger partial charge in [-0.3, -0.25) is 4.79 Å². The van der Waals surface area contributed by atoms with Crippen LogP contribution in [0.3, 0.4) is 0 Å². The second-order valence-corrected chi connectivity index (χ2v) is 8.70. The molecule has 194 valence electrons. The molecule has 9 heteroatoms. The van der Waals surface area contributed by atoms with Gasteiger partial charge in [-0.2, -0.15) is 5.10 Å². The summed E-state index contributed by atoms with van der Waals surface area (Å²) in [6.45, 7) is 8.57. The second-order valence-electron chi connectivity index (χ2n) is 7.54. The van der Waals surface area contributed by atoms with Crippen molar-refractivity contribution in [1.82, 2.24) is 5.43 Å². The lowest BCUT2D eigenvalue weighted by atomic mass is 10.2. The number of rotatable bonds is 13. The number of carbonyl (C=O) groups is 1. The van der Waals surface area contributed by atoms with Crippen molar-refractivity contribution in [3.8, 4) is 23.0 Å². The predicted molar refractivity (Wildman–Crippen MR) is 149 cm³/mol. The van der Waals surface area contributed by atoms with Gasteiger partial charge in [-0.1, -0.05) is 30.9 Å². The van der Waals surface area contributed by atoms with Gasteiger partial charge in [-0.05, 0) is 78.4 Å². The number of carbonyl (C=O) groups excluding carboxylic acids is 1. The van der Waals surface area contributed by atoms with E-state index in [0.29, 0.717) is 59.5 Å². The van der Waals surface area contributed by atoms with Crippen molar-refractivity contribution in [2.24, 2.45) is 5.10 Å². The summed E-state index contributed by atoms with van der Waals surface area (Å²) >= 11 is 2.12. The Morgan fingerprint density at radius 1 is 1.00 bits per heavy atom. The van der Waals surface area contributed by atoms with Gasteiger partial charge in [0.25, 0.3) is 5.91 Å². The van der Waals surface area contributed by atoms with Crippen LogP contribution in [0.5, 0.6) is 23.0 Å². The molecule has 3 rings (SSSR count). The molecule has 0 saturated heterocycles. The van der Waals surface area contributed by atoms with E-state index < -0.39 is 5.91 Å². The molecule has 3 aromatic rings. The summed E-state index contributed by atoms with van der Waals surface area (Å²) in [5.74, 6) is 1.25. The number of amides is 1. The molecule has 0 spiro atoms. The molecule has 37 heavy (non-hydrogen) atoms. The Morgan fingerprint density at radius 3 is 2.49 bits per heavy atom. The number of benzene rings is 3. The first-order valence-electron chi connectivity index (χ1n) is 11.6. The van der Waals surface area contributed by atoms with Crippen LogP contribution in [-0.2, 0) is 6.61 Å². The van der Waals surface area contributed by atoms with Gasteiger partial charge in [0, 0.05) is 11.1 Å². The standard InChI is InChI=1S/C28H28FIN2O5/c1-4-13-36-24-12-11-20(16-25(24)34-5-2)28(33)32-31-17-19-14-23(30)27(26(15-19)35-6-3)37-18-21-9-7-8-10-22(21)29/h4,7-12,14-17H,1,5-6,13,18H2,2-3H3,(H,32,33)/b31-17+. The number of nitrogens with zero attached hydrogens (tertiary/aromatic N) is 1. The van der Waals surface area contributed by atoms with Gasteiger partial charge in [0.15, 0.2) is 23.0 Å². The average Bonchev–Trinajstić information content (AvgIpc) is 2.88. The summed E-state index contributed by atoms with van der Waals surface area (Å²) in [6, 6.07) is 14.9. The highest BCUT2D eigenvalue weighted by atomic mass is 127. The van der Waals surface area contributed by atoms with Crippen molar-refractivity contribution in [1.29, 1.82) is 0 Å². The second kappa shape index (κ2) is 14.2. The minimum Gasteiger partial charge on any atom is -0.490 e. The van der Waals surface area contributed by atoms with Crippen LogP contribution in [0.25, 0.3) is 0 Å². The Kier molecular flexibility index (Phi) is 10.8. The quantitative estimate of drug-likeness (QED) is 0.108. The first kappa shape index (κ1) is 28.0. The fourth-order valence-electron chi connectivity index (χ4n) is 3.25. The minimum atomic E-state index is -0.406. The lowest BCUT2D eigenvalue weighted by Gasteiger charge is -2.15. The van der Waals surface area contributed by atoms with E-state index in [0.717, 1.165) is 3.57 Å². The zero-order valence-corrected chi connectivity index (χ0v) is 22.8. The molecule has 0 aliphatic rings. The summed E-state index contributed by atoms with van der Waals surface area (Å²) in [4.78, 5) is 12.6. The summed E-state index contributed by atoms with van der Waals surface area (Å²) in [5, 5.41) is 4.08. The molecule has 0 aliphatic heterocycles. The van der Waals surface area contributed by atoms with Crippen LogP contribution in [0.1, 0.15) is 35.3 Å². The average molecular weight is 618 g/mol. The normalized spacial score (nSPS) is 10.7. The lowest BCUT2D eigenvalue weighted by molar-refractivity contribution is 0.0954. The van der Waals surface area contributed by atoms with Crippen molar-refractivity contribution in [3.63, 3.8) is 0 Å². The van der Waals surface area contributed by atoms with E-state index in [4.69, 9.17) is 18.9 Å². The van der Waals surface area contributed by atoms with Gasteiger partial charge < -0.3 is 18.9 Å². The summed E-state index contributed by atoms with van der Waals surface area (Å²) < 4.78 is 37.5. The summed E-state index contributed by atoms with van der Waals surface area (Å²) in [7, 11) is 0. The van der Waals surface area contributed by atoms with E-state index in [1.807, 2.05) is 19.9 Å². The maximum absolute atomic E-state index is 14.0. The van der Waals surface area contributed by atoms with E-state index in [9.17, 15) is 9.18 Å². The Labute approximate surface area is 229 Å². The van der Waals surface area contributed by atoms with Gasteiger partial charge in [0.05, 0.1) is 23.0 Å². The molecule has 1 N–H and O–H groups in total. The van der Waals surface area contributed by atoms with E-state index in [2.05, 4.69) is 39.7 Å². The van der Waals surface area contributed by atoms with Gasteiger partial charge in [-0.15, -0.1) is 0 Å². The van der Waals surface area contributed by atoms with E-state index in [-0.39, 0.29) is 12.4 Å². The molecule has 0 bridgehead atoms. The van der Waals surface area contributed by atoms with Crippen LogP contribution in [0.2, 0.25) is 0 Å². The van der Waals surface area contributed by atoms with Crippen LogP contribution in [0.15, 0.2) is 72.4 Å². The molecule has 7 nitrogen and oxygen atoms in total. The van der Waals surface area contributed by atoms with Crippen molar-refractivity contribution < 1.29 is 28.1 Å². The molecule has 0 saturated carbocycles. The van der Waals surface area contributed by atoms with Gasteiger partial charge in [0.1, 0.15) is 19.0 Å². The maximum Gasteiger partial charge on any atom is 0.271 e. The number of ether oxygens (including phenoxy) is 4. The van der Waals surface area contributed by atoms with Gasteiger partial charge in [-0.25, -0.2) is 9.82 Å². The van der Waals surface area contributed by atoms with Crippen molar-refractivity contribution in [3.05, 3.63) is 93.3 Å². The number of nitrogens with one attached hydrogen (secondary N) is 1. The lowest BCUT2D eigenvalue weighted by Crippen LogP contribution is -2.17. The monoisotopic (exact) mass is 618 g/mol. The van der Waals surface area contributed by atoms with Crippen LogP contribution >= 0.6 is 22.6 Å². The van der Waals surface area contributed by atoms with Gasteiger partial charge >= 0.3 is 0 Å². The number of hydrogen-bond donors (Lipinski definition) is 1. The summed E-state index contributed by atoms with van der Waals surface area (Å²) in [5.41, 5.74) is 4.02.